The van der Waals surface area contributed by atoms with Gasteiger partial charge < -0.3 is 14.2 Å². The fourth-order valence-electron chi connectivity index (χ4n) is 8.79. The summed E-state index contributed by atoms with van der Waals surface area (Å²) in [7, 11) is 0. The summed E-state index contributed by atoms with van der Waals surface area (Å²) in [5.41, 5.74) is 0. The van der Waals surface area contributed by atoms with Crippen molar-refractivity contribution in [2.24, 2.45) is 0 Å². The van der Waals surface area contributed by atoms with Crippen LogP contribution < -0.4 is 0 Å². The molecule has 0 heterocycles. The fourth-order valence-corrected chi connectivity index (χ4v) is 8.79. The van der Waals surface area contributed by atoms with Crippen molar-refractivity contribution in [3.8, 4) is 0 Å². The number of carbonyl (C=O) groups is 3. The standard InChI is InChI=1S/C69H118O6/c1-4-7-10-13-16-19-22-25-28-31-34-37-40-43-46-49-52-55-58-61-67(70)73-64-66(75-69(72)63-60-57-54-51-48-45-42-39-36-33-30-27-24-21-18-15-12-9-6-3)65-74-68(71)62-59-56-53-50-47-44-41-38-35-32-29-26-23-20-17-14-11-8-5-2/h7,10,16,18-19,21,25-30,34,37,43,46,66H,4-6,8-9,11-15,17,20,22-24,31-33,35-36,38-42,44-45,47-65H2,1-3H3/b10-7-,19-16-,21-18-,28-25-,29-26-,30-27-,37-34-,46-43-. The predicted octanol–water partition coefficient (Wildman–Crippen LogP) is 21.7. The Bertz CT molecular complexity index is 1480. The number of hydrogen-bond acceptors (Lipinski definition) is 6. The SMILES string of the molecule is CC/C=C\C/C=C\C/C=C\C/C=C\C/C=C\CCCCCC(=O)OCC(COC(=O)CCCCCCCCCCC/C=C\CCCCCCCC)OC(=O)CCCCCCCCCCC/C=C\C/C=C\CCCCC. The van der Waals surface area contributed by atoms with E-state index in [0.29, 0.717) is 19.3 Å². The molecule has 0 bridgehead atoms. The largest absolute Gasteiger partial charge is 0.462 e. The van der Waals surface area contributed by atoms with Crippen LogP contribution in [0.4, 0.5) is 0 Å². The molecule has 0 amide bonds. The van der Waals surface area contributed by atoms with Crippen LogP contribution in [0.5, 0.6) is 0 Å². The van der Waals surface area contributed by atoms with Gasteiger partial charge in [-0.2, -0.15) is 0 Å². The maximum atomic E-state index is 12.9. The molecule has 0 aromatic heterocycles. The van der Waals surface area contributed by atoms with Gasteiger partial charge in [0.25, 0.3) is 0 Å². The third kappa shape index (κ3) is 61.1. The minimum atomic E-state index is -0.797. The first-order chi connectivity index (χ1) is 37.0. The van der Waals surface area contributed by atoms with Crippen molar-refractivity contribution in [2.45, 2.75) is 309 Å². The van der Waals surface area contributed by atoms with E-state index in [1.54, 1.807) is 0 Å². The Morgan fingerprint density at radius 1 is 0.280 bits per heavy atom. The molecule has 0 aromatic carbocycles. The topological polar surface area (TPSA) is 78.9 Å². The van der Waals surface area contributed by atoms with Crippen molar-refractivity contribution in [3.63, 3.8) is 0 Å². The second-order valence-electron chi connectivity index (χ2n) is 20.9. The minimum Gasteiger partial charge on any atom is -0.462 e. The van der Waals surface area contributed by atoms with Crippen molar-refractivity contribution >= 4 is 17.9 Å². The smallest absolute Gasteiger partial charge is 0.306 e. The Kier molecular flexibility index (Phi) is 59.8. The number of esters is 3. The molecule has 1 unspecified atom stereocenters. The van der Waals surface area contributed by atoms with Gasteiger partial charge in [0.15, 0.2) is 6.10 Å². The second-order valence-corrected chi connectivity index (χ2v) is 20.9. The minimum absolute atomic E-state index is 0.0904. The molecule has 0 fully saturated rings. The number of carbonyl (C=O) groups excluding carboxylic acids is 3. The van der Waals surface area contributed by atoms with E-state index in [-0.39, 0.29) is 31.1 Å². The van der Waals surface area contributed by atoms with Crippen LogP contribution in [0, 0.1) is 0 Å². The third-order valence-electron chi connectivity index (χ3n) is 13.5. The van der Waals surface area contributed by atoms with Gasteiger partial charge in [0.05, 0.1) is 0 Å². The molecule has 0 aliphatic carbocycles. The highest BCUT2D eigenvalue weighted by atomic mass is 16.6. The Hall–Kier alpha value is -3.67. The lowest BCUT2D eigenvalue weighted by Gasteiger charge is -2.18. The van der Waals surface area contributed by atoms with Crippen LogP contribution in [0.15, 0.2) is 97.2 Å². The molecule has 6 nitrogen and oxygen atoms in total. The zero-order valence-electron chi connectivity index (χ0n) is 49.3. The Labute approximate surface area is 464 Å². The summed E-state index contributed by atoms with van der Waals surface area (Å²) in [6.45, 7) is 6.49. The Morgan fingerprint density at radius 3 is 0.867 bits per heavy atom. The summed E-state index contributed by atoms with van der Waals surface area (Å²) in [6.07, 6.45) is 84.0. The van der Waals surface area contributed by atoms with Gasteiger partial charge in [0.2, 0.25) is 0 Å². The lowest BCUT2D eigenvalue weighted by atomic mass is 10.1. The average Bonchev–Trinajstić information content (AvgIpc) is 3.41. The quantitative estimate of drug-likeness (QED) is 0.0261. The lowest BCUT2D eigenvalue weighted by molar-refractivity contribution is -0.167. The van der Waals surface area contributed by atoms with Crippen molar-refractivity contribution in [1.82, 2.24) is 0 Å². The van der Waals surface area contributed by atoms with Gasteiger partial charge in [0.1, 0.15) is 13.2 Å². The Morgan fingerprint density at radius 2 is 0.520 bits per heavy atom. The third-order valence-corrected chi connectivity index (χ3v) is 13.5. The molecule has 0 aliphatic rings. The number of allylic oxidation sites excluding steroid dienone is 16. The maximum Gasteiger partial charge on any atom is 0.306 e. The summed E-state index contributed by atoms with van der Waals surface area (Å²) < 4.78 is 16.9. The van der Waals surface area contributed by atoms with Crippen LogP contribution in [-0.4, -0.2) is 37.2 Å². The number of rotatable bonds is 57. The van der Waals surface area contributed by atoms with Crippen LogP contribution >= 0.6 is 0 Å². The summed E-state index contributed by atoms with van der Waals surface area (Å²) in [5.74, 6) is -0.921. The van der Waals surface area contributed by atoms with Crippen LogP contribution in [0.3, 0.4) is 0 Å². The average molecular weight is 1040 g/mol. The predicted molar refractivity (Wildman–Crippen MR) is 325 cm³/mol. The monoisotopic (exact) mass is 1040 g/mol. The van der Waals surface area contributed by atoms with Crippen LogP contribution in [0.2, 0.25) is 0 Å². The fraction of sp³-hybridized carbons (Fsp3) is 0.725. The van der Waals surface area contributed by atoms with E-state index in [0.717, 1.165) is 103 Å². The molecule has 6 heteroatoms. The molecule has 0 saturated carbocycles. The van der Waals surface area contributed by atoms with Gasteiger partial charge >= 0.3 is 17.9 Å². The molecular formula is C69H118O6. The van der Waals surface area contributed by atoms with E-state index in [2.05, 4.69) is 118 Å². The molecule has 0 radical (unpaired) electrons. The molecule has 0 rings (SSSR count). The molecule has 430 valence electrons. The zero-order chi connectivity index (χ0) is 54.3. The van der Waals surface area contributed by atoms with Gasteiger partial charge in [-0.15, -0.1) is 0 Å². The molecule has 0 N–H and O–H groups in total. The first-order valence-corrected chi connectivity index (χ1v) is 31.7. The molecular weight excluding hydrogens is 925 g/mol. The van der Waals surface area contributed by atoms with Gasteiger partial charge in [-0.3, -0.25) is 14.4 Å². The molecule has 75 heavy (non-hydrogen) atoms. The van der Waals surface area contributed by atoms with Crippen molar-refractivity contribution in [2.75, 3.05) is 13.2 Å². The van der Waals surface area contributed by atoms with E-state index in [4.69, 9.17) is 14.2 Å². The molecule has 1 atom stereocenters. The normalized spacial score (nSPS) is 12.7. The highest BCUT2D eigenvalue weighted by Gasteiger charge is 2.19. The van der Waals surface area contributed by atoms with Crippen molar-refractivity contribution in [1.29, 1.82) is 0 Å². The summed E-state index contributed by atoms with van der Waals surface area (Å²) in [6, 6.07) is 0. The number of unbranched alkanes of at least 4 members (excludes halogenated alkanes) is 30. The van der Waals surface area contributed by atoms with Crippen molar-refractivity contribution < 1.29 is 28.6 Å². The van der Waals surface area contributed by atoms with Gasteiger partial charge in [-0.25, -0.2) is 0 Å². The first-order valence-electron chi connectivity index (χ1n) is 31.7. The van der Waals surface area contributed by atoms with Gasteiger partial charge in [-0.1, -0.05) is 259 Å². The van der Waals surface area contributed by atoms with Gasteiger partial charge in [-0.05, 0) is 122 Å². The molecule has 0 aliphatic heterocycles. The highest BCUT2D eigenvalue weighted by molar-refractivity contribution is 5.71. The van der Waals surface area contributed by atoms with Crippen LogP contribution in [0.25, 0.3) is 0 Å². The number of ether oxygens (including phenoxy) is 3. The first kappa shape index (κ1) is 71.3. The molecule has 0 spiro atoms. The van der Waals surface area contributed by atoms with E-state index in [1.165, 1.54) is 161 Å². The van der Waals surface area contributed by atoms with Crippen LogP contribution in [0.1, 0.15) is 303 Å². The number of hydrogen-bond donors (Lipinski definition) is 0. The molecule has 0 aromatic rings. The van der Waals surface area contributed by atoms with E-state index < -0.39 is 6.10 Å². The van der Waals surface area contributed by atoms with Crippen molar-refractivity contribution in [3.05, 3.63) is 97.2 Å². The van der Waals surface area contributed by atoms with Gasteiger partial charge in [0, 0.05) is 19.3 Å². The highest BCUT2D eigenvalue weighted by Crippen LogP contribution is 2.16. The summed E-state index contributed by atoms with van der Waals surface area (Å²) >= 11 is 0. The summed E-state index contributed by atoms with van der Waals surface area (Å²) in [4.78, 5) is 38.3. The second kappa shape index (κ2) is 62.9. The van der Waals surface area contributed by atoms with Crippen LogP contribution in [-0.2, 0) is 28.6 Å². The maximum absolute atomic E-state index is 12.9. The Balaban J connectivity index is 4.45. The molecule has 0 saturated heterocycles. The van der Waals surface area contributed by atoms with E-state index in [1.807, 2.05) is 0 Å². The summed E-state index contributed by atoms with van der Waals surface area (Å²) in [5, 5.41) is 0. The van der Waals surface area contributed by atoms with E-state index >= 15 is 0 Å². The van der Waals surface area contributed by atoms with E-state index in [9.17, 15) is 14.4 Å². The lowest BCUT2D eigenvalue weighted by Crippen LogP contribution is -2.30. The zero-order valence-corrected chi connectivity index (χ0v) is 49.3.